The highest BCUT2D eigenvalue weighted by molar-refractivity contribution is 5.13. The van der Waals surface area contributed by atoms with E-state index in [1.54, 1.807) is 0 Å². The van der Waals surface area contributed by atoms with Crippen LogP contribution in [0.1, 0.15) is 5.56 Å². The number of hydrogen-bond acceptors (Lipinski definition) is 4. The van der Waals surface area contributed by atoms with Gasteiger partial charge in [0, 0.05) is 21.3 Å². The molecule has 0 aliphatic heterocycles. The Labute approximate surface area is 89.7 Å². The van der Waals surface area contributed by atoms with Gasteiger partial charge in [-0.2, -0.15) is 0 Å². The van der Waals surface area contributed by atoms with Gasteiger partial charge in [0.25, 0.3) is 0 Å². The second kappa shape index (κ2) is 5.82. The fourth-order valence-corrected chi connectivity index (χ4v) is 1.17. The van der Waals surface area contributed by atoms with E-state index in [1.807, 2.05) is 30.3 Å². The summed E-state index contributed by atoms with van der Waals surface area (Å²) in [6, 6.07) is 9.72. The minimum Gasteiger partial charge on any atom is -0.307 e. The Hall–Kier alpha value is -0.940. The third kappa shape index (κ3) is 3.28. The molecule has 0 spiro atoms. The maximum Gasteiger partial charge on any atom is 0.412 e. The predicted octanol–water partition coefficient (Wildman–Crippen LogP) is 1.75. The SMILES string of the molecule is COC(OC)(OC)OCc1ccccc1. The molecule has 0 saturated heterocycles. The van der Waals surface area contributed by atoms with E-state index >= 15 is 0 Å². The lowest BCUT2D eigenvalue weighted by Crippen LogP contribution is -2.38. The second-order valence-electron chi connectivity index (χ2n) is 2.89. The van der Waals surface area contributed by atoms with E-state index in [2.05, 4.69) is 0 Å². The summed E-state index contributed by atoms with van der Waals surface area (Å²) in [4.78, 5) is 0. The van der Waals surface area contributed by atoms with E-state index in [0.29, 0.717) is 6.61 Å². The van der Waals surface area contributed by atoms with E-state index in [4.69, 9.17) is 18.9 Å². The largest absolute Gasteiger partial charge is 0.412 e. The van der Waals surface area contributed by atoms with Gasteiger partial charge >= 0.3 is 6.16 Å². The van der Waals surface area contributed by atoms with Crippen LogP contribution in [0.25, 0.3) is 0 Å². The van der Waals surface area contributed by atoms with Crippen molar-refractivity contribution in [2.75, 3.05) is 21.3 Å². The maximum atomic E-state index is 5.40. The molecule has 0 aromatic heterocycles. The van der Waals surface area contributed by atoms with Gasteiger partial charge in [0.1, 0.15) is 0 Å². The quantitative estimate of drug-likeness (QED) is 0.673. The van der Waals surface area contributed by atoms with E-state index in [1.165, 1.54) is 21.3 Å². The van der Waals surface area contributed by atoms with Crippen LogP contribution in [0, 0.1) is 0 Å². The van der Waals surface area contributed by atoms with Crippen molar-refractivity contribution in [1.29, 1.82) is 0 Å². The molecule has 1 rings (SSSR count). The molecule has 1 aromatic carbocycles. The van der Waals surface area contributed by atoms with Crippen LogP contribution in [0.2, 0.25) is 0 Å². The van der Waals surface area contributed by atoms with Gasteiger partial charge in [0.2, 0.25) is 0 Å². The van der Waals surface area contributed by atoms with Crippen LogP contribution in [0.5, 0.6) is 0 Å². The smallest absolute Gasteiger partial charge is 0.307 e. The average Bonchev–Trinajstić information content (AvgIpc) is 2.33. The highest BCUT2D eigenvalue weighted by Crippen LogP contribution is 2.16. The fourth-order valence-electron chi connectivity index (χ4n) is 1.17. The lowest BCUT2D eigenvalue weighted by Gasteiger charge is -2.27. The summed E-state index contributed by atoms with van der Waals surface area (Å²) >= 11 is 0. The van der Waals surface area contributed by atoms with Gasteiger partial charge in [-0.05, 0) is 5.56 Å². The molecule has 0 unspecified atom stereocenters. The molecule has 15 heavy (non-hydrogen) atoms. The molecular formula is C11H16O4. The molecule has 0 aliphatic rings. The molecule has 0 atom stereocenters. The molecule has 0 saturated carbocycles. The van der Waals surface area contributed by atoms with Gasteiger partial charge in [0.15, 0.2) is 0 Å². The molecule has 0 bridgehead atoms. The number of methoxy groups -OCH3 is 3. The van der Waals surface area contributed by atoms with Crippen molar-refractivity contribution in [1.82, 2.24) is 0 Å². The molecule has 4 heteroatoms. The minimum absolute atomic E-state index is 0.357. The Kier molecular flexibility index (Phi) is 4.71. The van der Waals surface area contributed by atoms with Crippen LogP contribution >= 0.6 is 0 Å². The first-order valence-corrected chi connectivity index (χ1v) is 4.59. The van der Waals surface area contributed by atoms with Crippen LogP contribution in [-0.4, -0.2) is 27.5 Å². The molecule has 0 radical (unpaired) electrons. The van der Waals surface area contributed by atoms with Gasteiger partial charge in [0.05, 0.1) is 6.61 Å². The monoisotopic (exact) mass is 212 g/mol. The van der Waals surface area contributed by atoms with Crippen molar-refractivity contribution in [3.8, 4) is 0 Å². The van der Waals surface area contributed by atoms with Crippen LogP contribution < -0.4 is 0 Å². The Morgan fingerprint density at radius 2 is 1.47 bits per heavy atom. The first kappa shape index (κ1) is 12.1. The Bertz CT molecular complexity index is 261. The Morgan fingerprint density at radius 3 is 1.93 bits per heavy atom. The predicted molar refractivity (Wildman–Crippen MR) is 55.0 cm³/mol. The van der Waals surface area contributed by atoms with Crippen LogP contribution in [-0.2, 0) is 25.6 Å². The van der Waals surface area contributed by atoms with E-state index in [0.717, 1.165) is 5.56 Å². The van der Waals surface area contributed by atoms with E-state index in [9.17, 15) is 0 Å². The summed E-state index contributed by atoms with van der Waals surface area (Å²) < 4.78 is 20.4. The number of benzene rings is 1. The van der Waals surface area contributed by atoms with Crippen LogP contribution in [0.15, 0.2) is 30.3 Å². The molecule has 1 aromatic rings. The van der Waals surface area contributed by atoms with Gasteiger partial charge < -0.3 is 14.2 Å². The van der Waals surface area contributed by atoms with E-state index < -0.39 is 6.16 Å². The summed E-state index contributed by atoms with van der Waals surface area (Å²) in [5.74, 6) is 0. The van der Waals surface area contributed by atoms with Crippen molar-refractivity contribution in [3.63, 3.8) is 0 Å². The van der Waals surface area contributed by atoms with Gasteiger partial charge in [-0.15, -0.1) is 0 Å². The maximum absolute atomic E-state index is 5.40. The number of hydrogen-bond donors (Lipinski definition) is 0. The molecular weight excluding hydrogens is 196 g/mol. The molecule has 0 aliphatic carbocycles. The standard InChI is InChI=1S/C11H16O4/c1-12-11(13-2,14-3)15-9-10-7-5-4-6-8-10/h4-8H,9H2,1-3H3. The summed E-state index contributed by atoms with van der Waals surface area (Å²) in [7, 11) is 4.37. The third-order valence-electron chi connectivity index (χ3n) is 2.01. The molecule has 0 heterocycles. The topological polar surface area (TPSA) is 36.9 Å². The highest BCUT2D eigenvalue weighted by Gasteiger charge is 2.31. The van der Waals surface area contributed by atoms with Gasteiger partial charge in [-0.1, -0.05) is 30.3 Å². The molecule has 0 amide bonds. The fraction of sp³-hybridized carbons (Fsp3) is 0.455. The van der Waals surface area contributed by atoms with Gasteiger partial charge in [-0.3, -0.25) is 4.74 Å². The van der Waals surface area contributed by atoms with Crippen LogP contribution in [0.4, 0.5) is 0 Å². The van der Waals surface area contributed by atoms with Crippen molar-refractivity contribution in [2.45, 2.75) is 12.8 Å². The van der Waals surface area contributed by atoms with Crippen molar-refractivity contribution < 1.29 is 18.9 Å². The third-order valence-corrected chi connectivity index (χ3v) is 2.01. The summed E-state index contributed by atoms with van der Waals surface area (Å²) in [6.07, 6.45) is -1.42. The minimum atomic E-state index is -1.42. The van der Waals surface area contributed by atoms with Crippen LogP contribution in [0.3, 0.4) is 0 Å². The first-order valence-electron chi connectivity index (χ1n) is 4.59. The molecule has 0 N–H and O–H groups in total. The lowest BCUT2D eigenvalue weighted by molar-refractivity contribution is -0.483. The summed E-state index contributed by atoms with van der Waals surface area (Å²) in [6.45, 7) is 0.357. The van der Waals surface area contributed by atoms with Crippen molar-refractivity contribution in [2.24, 2.45) is 0 Å². The highest BCUT2D eigenvalue weighted by atomic mass is 17.0. The Balaban J connectivity index is 2.54. The van der Waals surface area contributed by atoms with Crippen molar-refractivity contribution in [3.05, 3.63) is 35.9 Å². The zero-order chi connectivity index (χ0) is 11.1. The zero-order valence-electron chi connectivity index (χ0n) is 9.23. The zero-order valence-corrected chi connectivity index (χ0v) is 9.23. The summed E-state index contributed by atoms with van der Waals surface area (Å²) in [5.41, 5.74) is 1.02. The number of rotatable bonds is 6. The Morgan fingerprint density at radius 1 is 0.933 bits per heavy atom. The average molecular weight is 212 g/mol. The second-order valence-corrected chi connectivity index (χ2v) is 2.89. The van der Waals surface area contributed by atoms with Gasteiger partial charge in [-0.25, -0.2) is 0 Å². The molecule has 4 nitrogen and oxygen atoms in total. The lowest BCUT2D eigenvalue weighted by atomic mass is 10.2. The summed E-state index contributed by atoms with van der Waals surface area (Å²) in [5, 5.41) is 0. The molecule has 84 valence electrons. The van der Waals surface area contributed by atoms with Crippen molar-refractivity contribution >= 4 is 0 Å². The first-order chi connectivity index (χ1) is 7.26. The normalized spacial score (nSPS) is 11.7. The number of ether oxygens (including phenoxy) is 4. The van der Waals surface area contributed by atoms with E-state index in [-0.39, 0.29) is 0 Å². The molecule has 0 fully saturated rings.